The first kappa shape index (κ1) is 13.0. The van der Waals surface area contributed by atoms with E-state index in [4.69, 9.17) is 4.74 Å². The van der Waals surface area contributed by atoms with Gasteiger partial charge in [0.15, 0.2) is 0 Å². The van der Waals surface area contributed by atoms with E-state index in [1.54, 1.807) is 4.90 Å². The summed E-state index contributed by atoms with van der Waals surface area (Å²) >= 11 is 0. The number of esters is 1. The van der Waals surface area contributed by atoms with Crippen molar-refractivity contribution in [3.8, 4) is 0 Å². The topological polar surface area (TPSA) is 46.6 Å². The van der Waals surface area contributed by atoms with Crippen molar-refractivity contribution in [2.45, 2.75) is 39.5 Å². The standard InChI is InChI=1S/C12H21NO3/c1-3-4-8-16-11(14)9-13-7-5-6-10(2)12(13)15/h10H,3-9H2,1-2H3. The molecule has 4 nitrogen and oxygen atoms in total. The van der Waals surface area contributed by atoms with Crippen LogP contribution in [0.2, 0.25) is 0 Å². The van der Waals surface area contributed by atoms with Gasteiger partial charge < -0.3 is 9.64 Å². The first-order chi connectivity index (χ1) is 7.65. The molecule has 1 rings (SSSR count). The van der Waals surface area contributed by atoms with E-state index in [2.05, 4.69) is 0 Å². The van der Waals surface area contributed by atoms with Gasteiger partial charge in [0.25, 0.3) is 0 Å². The molecule has 16 heavy (non-hydrogen) atoms. The van der Waals surface area contributed by atoms with Gasteiger partial charge in [-0.2, -0.15) is 0 Å². The van der Waals surface area contributed by atoms with Crippen LogP contribution in [0.1, 0.15) is 39.5 Å². The number of ether oxygens (including phenoxy) is 1. The van der Waals surface area contributed by atoms with Gasteiger partial charge in [0, 0.05) is 12.5 Å². The molecule has 0 aromatic heterocycles. The van der Waals surface area contributed by atoms with Crippen LogP contribution in [0, 0.1) is 5.92 Å². The minimum absolute atomic E-state index is 0.0530. The highest BCUT2D eigenvalue weighted by atomic mass is 16.5. The average molecular weight is 227 g/mol. The molecule has 1 amide bonds. The first-order valence-corrected chi connectivity index (χ1v) is 6.09. The summed E-state index contributed by atoms with van der Waals surface area (Å²) in [7, 11) is 0. The summed E-state index contributed by atoms with van der Waals surface area (Å²) in [4.78, 5) is 24.7. The fourth-order valence-electron chi connectivity index (χ4n) is 1.82. The van der Waals surface area contributed by atoms with E-state index in [0.29, 0.717) is 13.2 Å². The molecule has 1 fully saturated rings. The zero-order valence-electron chi connectivity index (χ0n) is 10.2. The van der Waals surface area contributed by atoms with E-state index >= 15 is 0 Å². The van der Waals surface area contributed by atoms with Crippen LogP contribution in [0.25, 0.3) is 0 Å². The monoisotopic (exact) mass is 227 g/mol. The summed E-state index contributed by atoms with van der Waals surface area (Å²) in [6.45, 7) is 5.23. The largest absolute Gasteiger partial charge is 0.464 e. The van der Waals surface area contributed by atoms with Crippen molar-refractivity contribution in [1.29, 1.82) is 0 Å². The van der Waals surface area contributed by atoms with Crippen LogP contribution in [0.3, 0.4) is 0 Å². The molecule has 0 aromatic rings. The zero-order valence-corrected chi connectivity index (χ0v) is 10.2. The van der Waals surface area contributed by atoms with Crippen molar-refractivity contribution in [2.75, 3.05) is 19.7 Å². The molecular formula is C12H21NO3. The van der Waals surface area contributed by atoms with Gasteiger partial charge in [-0.25, -0.2) is 0 Å². The summed E-state index contributed by atoms with van der Waals surface area (Å²) in [6, 6.07) is 0. The highest BCUT2D eigenvalue weighted by Gasteiger charge is 2.26. The van der Waals surface area contributed by atoms with Crippen LogP contribution in [-0.2, 0) is 14.3 Å². The molecule has 92 valence electrons. The minimum Gasteiger partial charge on any atom is -0.464 e. The van der Waals surface area contributed by atoms with Crippen molar-refractivity contribution in [3.63, 3.8) is 0 Å². The Hall–Kier alpha value is -1.06. The van der Waals surface area contributed by atoms with Gasteiger partial charge in [-0.1, -0.05) is 20.3 Å². The second-order valence-corrected chi connectivity index (χ2v) is 4.38. The second kappa shape index (κ2) is 6.51. The lowest BCUT2D eigenvalue weighted by molar-refractivity contribution is -0.151. The molecule has 0 aromatic carbocycles. The third kappa shape index (κ3) is 3.83. The molecule has 0 radical (unpaired) electrons. The number of piperidine rings is 1. The second-order valence-electron chi connectivity index (χ2n) is 4.38. The lowest BCUT2D eigenvalue weighted by Crippen LogP contribution is -2.43. The fraction of sp³-hybridized carbons (Fsp3) is 0.833. The lowest BCUT2D eigenvalue weighted by atomic mass is 9.99. The number of unbranched alkanes of at least 4 members (excludes halogenated alkanes) is 1. The first-order valence-electron chi connectivity index (χ1n) is 6.09. The predicted octanol–water partition coefficient (Wildman–Crippen LogP) is 1.59. The summed E-state index contributed by atoms with van der Waals surface area (Å²) in [6.07, 6.45) is 3.80. The van der Waals surface area contributed by atoms with E-state index < -0.39 is 0 Å². The summed E-state index contributed by atoms with van der Waals surface area (Å²) < 4.78 is 5.04. The number of likely N-dealkylation sites (tertiary alicyclic amines) is 1. The molecule has 1 unspecified atom stereocenters. The SMILES string of the molecule is CCCCOC(=O)CN1CCCC(C)C1=O. The smallest absolute Gasteiger partial charge is 0.325 e. The fourth-order valence-corrected chi connectivity index (χ4v) is 1.82. The van der Waals surface area contributed by atoms with Gasteiger partial charge in [0.1, 0.15) is 6.54 Å². The lowest BCUT2D eigenvalue weighted by Gasteiger charge is -2.29. The quantitative estimate of drug-likeness (QED) is 0.529. The van der Waals surface area contributed by atoms with Crippen molar-refractivity contribution in [1.82, 2.24) is 4.90 Å². The molecule has 0 N–H and O–H groups in total. The molecule has 1 heterocycles. The number of hydrogen-bond acceptors (Lipinski definition) is 3. The third-order valence-corrected chi connectivity index (χ3v) is 2.88. The molecule has 0 spiro atoms. The van der Waals surface area contributed by atoms with E-state index in [9.17, 15) is 9.59 Å². The van der Waals surface area contributed by atoms with E-state index in [-0.39, 0.29) is 24.3 Å². The van der Waals surface area contributed by atoms with Crippen LogP contribution in [-0.4, -0.2) is 36.5 Å². The molecule has 1 aliphatic heterocycles. The van der Waals surface area contributed by atoms with Crippen molar-refractivity contribution in [2.24, 2.45) is 5.92 Å². The van der Waals surface area contributed by atoms with Crippen molar-refractivity contribution in [3.05, 3.63) is 0 Å². The molecule has 1 aliphatic rings. The Balaban J connectivity index is 2.29. The van der Waals surface area contributed by atoms with E-state index in [0.717, 1.165) is 25.7 Å². The van der Waals surface area contributed by atoms with E-state index in [1.807, 2.05) is 13.8 Å². The number of hydrogen-bond donors (Lipinski definition) is 0. The predicted molar refractivity (Wildman–Crippen MR) is 60.8 cm³/mol. The van der Waals surface area contributed by atoms with Crippen molar-refractivity contribution < 1.29 is 14.3 Å². The Labute approximate surface area is 96.9 Å². The van der Waals surface area contributed by atoms with Crippen LogP contribution >= 0.6 is 0 Å². The molecule has 0 saturated carbocycles. The van der Waals surface area contributed by atoms with Gasteiger partial charge in [-0.05, 0) is 19.3 Å². The number of amides is 1. The summed E-state index contributed by atoms with van der Waals surface area (Å²) in [5.41, 5.74) is 0. The maximum absolute atomic E-state index is 11.7. The van der Waals surface area contributed by atoms with Crippen LogP contribution in [0.4, 0.5) is 0 Å². The maximum atomic E-state index is 11.7. The Morgan fingerprint density at radius 1 is 1.56 bits per heavy atom. The van der Waals surface area contributed by atoms with E-state index in [1.165, 1.54) is 0 Å². The zero-order chi connectivity index (χ0) is 12.0. The molecule has 1 saturated heterocycles. The van der Waals surface area contributed by atoms with Crippen LogP contribution in [0.5, 0.6) is 0 Å². The third-order valence-electron chi connectivity index (χ3n) is 2.88. The normalized spacial score (nSPS) is 21.0. The molecular weight excluding hydrogens is 206 g/mol. The van der Waals surface area contributed by atoms with Crippen molar-refractivity contribution >= 4 is 11.9 Å². The highest BCUT2D eigenvalue weighted by molar-refractivity contribution is 5.83. The average Bonchev–Trinajstić information content (AvgIpc) is 2.25. The Bertz CT molecular complexity index is 253. The Morgan fingerprint density at radius 3 is 3.00 bits per heavy atom. The number of nitrogens with zero attached hydrogens (tertiary/aromatic N) is 1. The number of carbonyl (C=O) groups excluding carboxylic acids is 2. The van der Waals surface area contributed by atoms with Gasteiger partial charge in [-0.15, -0.1) is 0 Å². The van der Waals surface area contributed by atoms with Gasteiger partial charge in [0.05, 0.1) is 6.61 Å². The van der Waals surface area contributed by atoms with Gasteiger partial charge >= 0.3 is 5.97 Å². The summed E-state index contributed by atoms with van der Waals surface area (Å²) in [5.74, 6) is -0.146. The maximum Gasteiger partial charge on any atom is 0.325 e. The Kier molecular flexibility index (Phi) is 5.29. The highest BCUT2D eigenvalue weighted by Crippen LogP contribution is 2.16. The van der Waals surface area contributed by atoms with Gasteiger partial charge in [-0.3, -0.25) is 9.59 Å². The van der Waals surface area contributed by atoms with Gasteiger partial charge in [0.2, 0.25) is 5.91 Å². The van der Waals surface area contributed by atoms with Crippen LogP contribution < -0.4 is 0 Å². The molecule has 0 bridgehead atoms. The number of rotatable bonds is 5. The Morgan fingerprint density at radius 2 is 2.31 bits per heavy atom. The molecule has 4 heteroatoms. The minimum atomic E-state index is -0.282. The van der Waals surface area contributed by atoms with Crippen LogP contribution in [0.15, 0.2) is 0 Å². The molecule has 0 aliphatic carbocycles. The summed E-state index contributed by atoms with van der Waals surface area (Å²) in [5, 5.41) is 0. The molecule has 1 atom stereocenters. The number of carbonyl (C=O) groups is 2.